The lowest BCUT2D eigenvalue weighted by Crippen LogP contribution is -2.00. The van der Waals surface area contributed by atoms with Crippen LogP contribution in [0.1, 0.15) is 5.56 Å². The molecule has 2 N–H and O–H groups in total. The van der Waals surface area contributed by atoms with Crippen LogP contribution in [0.25, 0.3) is 10.9 Å². The fourth-order valence-corrected chi connectivity index (χ4v) is 2.49. The predicted octanol–water partition coefficient (Wildman–Crippen LogP) is 4.25. The third kappa shape index (κ3) is 2.05. The number of hydrogen-bond donors (Lipinski definition) is 2. The summed E-state index contributed by atoms with van der Waals surface area (Å²) in [5.74, 6) is 0.0668. The third-order valence-corrected chi connectivity index (χ3v) is 3.50. The molecule has 0 fully saturated rings. The van der Waals surface area contributed by atoms with Gasteiger partial charge >= 0.3 is 0 Å². The molecule has 0 aliphatic heterocycles. The molecule has 0 atom stereocenters. The van der Waals surface area contributed by atoms with Crippen LogP contribution in [0.5, 0.6) is 5.88 Å². The van der Waals surface area contributed by atoms with E-state index in [0.29, 0.717) is 12.2 Å². The van der Waals surface area contributed by atoms with Gasteiger partial charge in [-0.2, -0.15) is 5.11 Å². The fraction of sp³-hybridized carbons (Fsp3) is 0.125. The highest BCUT2D eigenvalue weighted by Gasteiger charge is 2.15. The molecule has 0 radical (unpaired) electrons. The van der Waals surface area contributed by atoms with E-state index in [-0.39, 0.29) is 5.88 Å². The molecule has 0 saturated heterocycles. The molecular formula is C16H15N3O. The first-order valence-electron chi connectivity index (χ1n) is 6.53. The molecule has 0 bridgehead atoms. The van der Waals surface area contributed by atoms with Gasteiger partial charge in [0.2, 0.25) is 5.88 Å². The Morgan fingerprint density at radius 3 is 2.45 bits per heavy atom. The Hall–Kier alpha value is -2.62. The molecule has 1 heterocycles. The molecule has 3 aromatic rings. The molecule has 0 saturated carbocycles. The molecule has 3 rings (SSSR count). The lowest BCUT2D eigenvalue weighted by Gasteiger charge is -2.07. The number of aromatic nitrogens is 1. The number of para-hydroxylation sites is 1. The Kier molecular flexibility index (Phi) is 3.21. The monoisotopic (exact) mass is 265 g/mol. The largest absolute Gasteiger partial charge is 0.493 e. The lowest BCUT2D eigenvalue weighted by molar-refractivity contribution is 0.422. The zero-order valence-corrected chi connectivity index (χ0v) is 11.0. The van der Waals surface area contributed by atoms with Gasteiger partial charge in [0.15, 0.2) is 5.69 Å². The van der Waals surface area contributed by atoms with Gasteiger partial charge in [0.05, 0.1) is 5.52 Å². The van der Waals surface area contributed by atoms with Crippen molar-refractivity contribution in [3.05, 3.63) is 60.2 Å². The van der Waals surface area contributed by atoms with E-state index in [1.807, 2.05) is 47.0 Å². The minimum absolute atomic E-state index is 0.0668. The second-order valence-corrected chi connectivity index (χ2v) is 4.69. The van der Waals surface area contributed by atoms with Crippen LogP contribution in [0.2, 0.25) is 0 Å². The zero-order chi connectivity index (χ0) is 13.9. The summed E-state index contributed by atoms with van der Waals surface area (Å²) in [6.45, 7) is 0.659. The summed E-state index contributed by atoms with van der Waals surface area (Å²) < 4.78 is 1.82. The van der Waals surface area contributed by atoms with E-state index in [9.17, 15) is 5.11 Å². The molecular weight excluding hydrogens is 250 g/mol. The highest BCUT2D eigenvalue weighted by atomic mass is 16.3. The van der Waals surface area contributed by atoms with Crippen molar-refractivity contribution in [2.24, 2.45) is 5.11 Å². The Bertz CT molecular complexity index is 747. The average molecular weight is 265 g/mol. The molecule has 4 heteroatoms. The Morgan fingerprint density at radius 1 is 1.00 bits per heavy atom. The van der Waals surface area contributed by atoms with E-state index < -0.39 is 0 Å². The first-order valence-corrected chi connectivity index (χ1v) is 6.53. The standard InChI is InChI=1S/C16H15N3O/c17-18-15-13-8-4-5-9-14(13)19(16(15)20)11-10-12-6-2-1-3-7-12/h1-9,17,20H,10-11H2. The minimum Gasteiger partial charge on any atom is -0.493 e. The first kappa shape index (κ1) is 12.4. The van der Waals surface area contributed by atoms with Crippen molar-refractivity contribution in [1.29, 1.82) is 5.53 Å². The summed E-state index contributed by atoms with van der Waals surface area (Å²) in [5.41, 5.74) is 9.70. The van der Waals surface area contributed by atoms with Gasteiger partial charge in [0.1, 0.15) is 0 Å². The lowest BCUT2D eigenvalue weighted by atomic mass is 10.1. The van der Waals surface area contributed by atoms with Gasteiger partial charge in [0, 0.05) is 11.9 Å². The maximum atomic E-state index is 10.2. The normalized spacial score (nSPS) is 10.8. The van der Waals surface area contributed by atoms with Crippen molar-refractivity contribution in [3.8, 4) is 5.88 Å². The van der Waals surface area contributed by atoms with Gasteiger partial charge in [-0.1, -0.05) is 48.5 Å². The summed E-state index contributed by atoms with van der Waals surface area (Å²) >= 11 is 0. The maximum Gasteiger partial charge on any atom is 0.220 e. The highest BCUT2D eigenvalue weighted by molar-refractivity contribution is 5.94. The van der Waals surface area contributed by atoms with E-state index in [0.717, 1.165) is 17.3 Å². The molecule has 2 aromatic carbocycles. The average Bonchev–Trinajstić information content (AvgIpc) is 2.77. The molecule has 0 aliphatic carbocycles. The van der Waals surface area contributed by atoms with Crippen LogP contribution in [0, 0.1) is 5.53 Å². The first-order chi connectivity index (χ1) is 9.81. The minimum atomic E-state index is 0.0668. The van der Waals surface area contributed by atoms with Gasteiger partial charge in [-0.3, -0.25) is 0 Å². The number of fused-ring (bicyclic) bond motifs is 1. The van der Waals surface area contributed by atoms with Crippen LogP contribution in [0.15, 0.2) is 59.7 Å². The van der Waals surface area contributed by atoms with Gasteiger partial charge in [-0.05, 0) is 18.1 Å². The predicted molar refractivity (Wildman–Crippen MR) is 78.6 cm³/mol. The van der Waals surface area contributed by atoms with E-state index in [4.69, 9.17) is 5.53 Å². The molecule has 0 amide bonds. The van der Waals surface area contributed by atoms with Crippen molar-refractivity contribution in [2.45, 2.75) is 13.0 Å². The van der Waals surface area contributed by atoms with Crippen LogP contribution < -0.4 is 0 Å². The Labute approximate surface area is 116 Å². The number of hydrogen-bond acceptors (Lipinski definition) is 3. The molecule has 1 aromatic heterocycles. The van der Waals surface area contributed by atoms with Crippen molar-refractivity contribution < 1.29 is 5.11 Å². The second-order valence-electron chi connectivity index (χ2n) is 4.69. The topological polar surface area (TPSA) is 61.4 Å². The summed E-state index contributed by atoms with van der Waals surface area (Å²) in [7, 11) is 0. The smallest absolute Gasteiger partial charge is 0.220 e. The van der Waals surface area contributed by atoms with Crippen molar-refractivity contribution in [2.75, 3.05) is 0 Å². The van der Waals surface area contributed by atoms with Gasteiger partial charge in [-0.15, -0.1) is 0 Å². The number of aromatic hydroxyl groups is 1. The van der Waals surface area contributed by atoms with Gasteiger partial charge in [0.25, 0.3) is 0 Å². The Morgan fingerprint density at radius 2 is 1.70 bits per heavy atom. The van der Waals surface area contributed by atoms with E-state index in [1.54, 1.807) is 0 Å². The summed E-state index contributed by atoms with van der Waals surface area (Å²) in [6.07, 6.45) is 0.824. The molecule has 4 nitrogen and oxygen atoms in total. The summed E-state index contributed by atoms with van der Waals surface area (Å²) in [4.78, 5) is 0. The molecule has 100 valence electrons. The summed E-state index contributed by atoms with van der Waals surface area (Å²) in [5, 5.41) is 14.5. The SMILES string of the molecule is N=Nc1c(O)n(CCc2ccccc2)c2ccccc12. The molecule has 20 heavy (non-hydrogen) atoms. The van der Waals surface area contributed by atoms with E-state index in [1.165, 1.54) is 5.56 Å². The van der Waals surface area contributed by atoms with Gasteiger partial charge in [-0.25, -0.2) is 5.53 Å². The molecule has 0 spiro atoms. The Balaban J connectivity index is 1.99. The third-order valence-electron chi connectivity index (χ3n) is 3.50. The van der Waals surface area contributed by atoms with Gasteiger partial charge < -0.3 is 9.67 Å². The van der Waals surface area contributed by atoms with Crippen LogP contribution in [0.3, 0.4) is 0 Å². The fourth-order valence-electron chi connectivity index (χ4n) is 2.49. The molecule has 0 aliphatic rings. The number of aryl methyl sites for hydroxylation is 2. The van der Waals surface area contributed by atoms with Crippen LogP contribution in [-0.4, -0.2) is 9.67 Å². The number of nitrogens with one attached hydrogen (secondary N) is 1. The zero-order valence-electron chi connectivity index (χ0n) is 11.0. The van der Waals surface area contributed by atoms with Crippen molar-refractivity contribution in [3.63, 3.8) is 0 Å². The summed E-state index contributed by atoms with van der Waals surface area (Å²) in [6, 6.07) is 17.8. The van der Waals surface area contributed by atoms with Crippen molar-refractivity contribution >= 4 is 16.6 Å². The van der Waals surface area contributed by atoms with E-state index in [2.05, 4.69) is 17.2 Å². The quantitative estimate of drug-likeness (QED) is 0.680. The van der Waals surface area contributed by atoms with Crippen LogP contribution in [0.4, 0.5) is 5.69 Å². The van der Waals surface area contributed by atoms with Crippen LogP contribution >= 0.6 is 0 Å². The molecule has 0 unspecified atom stereocenters. The number of benzene rings is 2. The number of nitrogens with zero attached hydrogens (tertiary/aromatic N) is 2. The highest BCUT2D eigenvalue weighted by Crippen LogP contribution is 2.38. The maximum absolute atomic E-state index is 10.2. The van der Waals surface area contributed by atoms with E-state index >= 15 is 0 Å². The second kappa shape index (κ2) is 5.17. The van der Waals surface area contributed by atoms with Crippen LogP contribution in [-0.2, 0) is 13.0 Å². The van der Waals surface area contributed by atoms with Crippen molar-refractivity contribution in [1.82, 2.24) is 4.57 Å². The number of rotatable bonds is 4.